The first-order chi connectivity index (χ1) is 11.2. The molecule has 0 bridgehead atoms. The fourth-order valence-corrected chi connectivity index (χ4v) is 3.20. The number of fused-ring (bicyclic) bond motifs is 3. The average Bonchev–Trinajstić information content (AvgIpc) is 2.81. The molecule has 0 spiro atoms. The summed E-state index contributed by atoms with van der Waals surface area (Å²) in [5.74, 6) is -2.76. The fourth-order valence-electron chi connectivity index (χ4n) is 3.02. The molecule has 1 aliphatic heterocycles. The molecule has 0 fully saturated rings. The highest BCUT2D eigenvalue weighted by molar-refractivity contribution is 6.31. The number of aliphatic carboxylic acids is 1. The van der Waals surface area contributed by atoms with Gasteiger partial charge in [-0.05, 0) is 50.6 Å². The van der Waals surface area contributed by atoms with Crippen molar-refractivity contribution in [3.63, 3.8) is 0 Å². The van der Waals surface area contributed by atoms with E-state index in [1.165, 1.54) is 22.2 Å². The van der Waals surface area contributed by atoms with Gasteiger partial charge in [0.05, 0.1) is 0 Å². The van der Waals surface area contributed by atoms with E-state index in [1.54, 1.807) is 0 Å². The summed E-state index contributed by atoms with van der Waals surface area (Å²) in [4.78, 5) is 8.90. The van der Waals surface area contributed by atoms with E-state index < -0.39 is 12.1 Å². The average molecular weight is 363 g/mol. The molecule has 0 amide bonds. The molecule has 2 N–H and O–H groups in total. The van der Waals surface area contributed by atoms with Crippen molar-refractivity contribution in [3.8, 4) is 0 Å². The van der Waals surface area contributed by atoms with Crippen LogP contribution < -0.4 is 5.32 Å². The lowest BCUT2D eigenvalue weighted by molar-refractivity contribution is -0.192. The molecule has 4 nitrogen and oxygen atoms in total. The highest BCUT2D eigenvalue weighted by Gasteiger charge is 2.38. The number of halogens is 4. The minimum atomic E-state index is -5.08. The maximum atomic E-state index is 10.6. The van der Waals surface area contributed by atoms with E-state index in [0.717, 1.165) is 24.5 Å². The summed E-state index contributed by atoms with van der Waals surface area (Å²) in [6.07, 6.45) is -3.98. The van der Waals surface area contributed by atoms with E-state index in [-0.39, 0.29) is 0 Å². The smallest absolute Gasteiger partial charge is 0.475 e. The number of aromatic nitrogens is 1. The number of hydrogen-bond acceptors (Lipinski definition) is 2. The van der Waals surface area contributed by atoms with Crippen LogP contribution in [-0.2, 0) is 17.8 Å². The molecule has 1 aliphatic rings. The predicted octanol–water partition coefficient (Wildman–Crippen LogP) is 4.15. The summed E-state index contributed by atoms with van der Waals surface area (Å²) < 4.78 is 34.2. The lowest BCUT2D eigenvalue weighted by Crippen LogP contribution is -2.29. The first-order valence-corrected chi connectivity index (χ1v) is 7.88. The Kier molecular flexibility index (Phi) is 5.45. The Morgan fingerprint density at radius 2 is 2.08 bits per heavy atom. The number of carboxylic acid groups (broad SMARTS) is 1. The van der Waals surface area contributed by atoms with Gasteiger partial charge in [0.15, 0.2) is 0 Å². The minimum Gasteiger partial charge on any atom is -0.475 e. The molecular weight excluding hydrogens is 345 g/mol. The Labute approximate surface area is 142 Å². The Hall–Kier alpha value is -1.73. The number of aryl methyl sites for hydroxylation is 1. The number of alkyl halides is 3. The molecule has 3 rings (SSSR count). The number of nitrogens with zero attached hydrogens (tertiary/aromatic N) is 1. The number of hydrogen-bond donors (Lipinski definition) is 2. The number of nitrogens with one attached hydrogen (secondary N) is 1. The van der Waals surface area contributed by atoms with E-state index in [0.29, 0.717) is 6.04 Å². The van der Waals surface area contributed by atoms with Gasteiger partial charge in [0.2, 0.25) is 0 Å². The van der Waals surface area contributed by atoms with Crippen molar-refractivity contribution in [2.24, 2.45) is 0 Å². The van der Waals surface area contributed by atoms with Crippen molar-refractivity contribution in [2.75, 3.05) is 6.54 Å². The minimum absolute atomic E-state index is 0.435. The molecule has 1 aromatic heterocycles. The summed E-state index contributed by atoms with van der Waals surface area (Å²) in [7, 11) is 0. The molecule has 1 aromatic carbocycles. The predicted molar refractivity (Wildman–Crippen MR) is 86.4 cm³/mol. The van der Waals surface area contributed by atoms with Crippen molar-refractivity contribution in [2.45, 2.75) is 39.0 Å². The van der Waals surface area contributed by atoms with Crippen molar-refractivity contribution in [1.82, 2.24) is 9.88 Å². The lowest BCUT2D eigenvalue weighted by Gasteiger charge is -2.23. The van der Waals surface area contributed by atoms with E-state index in [2.05, 4.69) is 35.9 Å². The van der Waals surface area contributed by atoms with E-state index in [9.17, 15) is 13.2 Å². The summed E-state index contributed by atoms with van der Waals surface area (Å²) in [6, 6.07) is 6.68. The molecule has 8 heteroatoms. The fraction of sp³-hybridized carbons (Fsp3) is 0.438. The third kappa shape index (κ3) is 3.67. The van der Waals surface area contributed by atoms with Crippen molar-refractivity contribution >= 4 is 28.5 Å². The van der Waals surface area contributed by atoms with E-state index in [1.807, 2.05) is 6.07 Å². The van der Waals surface area contributed by atoms with Crippen LogP contribution in [0.5, 0.6) is 0 Å². The van der Waals surface area contributed by atoms with Crippen LogP contribution >= 0.6 is 11.6 Å². The van der Waals surface area contributed by atoms with Gasteiger partial charge >= 0.3 is 12.1 Å². The highest BCUT2D eigenvalue weighted by atomic mass is 35.5. The SMILES string of the molecule is CCn1c2c(c3cc(Cl)ccc31)CCNC2C.O=C(O)C(F)(F)F. The Morgan fingerprint density at radius 3 is 2.62 bits per heavy atom. The second-order valence-electron chi connectivity index (χ2n) is 5.50. The maximum absolute atomic E-state index is 10.6. The molecule has 2 aromatic rings. The standard InChI is InChI=1S/C14H17ClN2.C2HF3O2/c1-3-17-13-5-4-10(15)8-12(13)11-6-7-16-9(2)14(11)17;3-2(4,5)1(6)7/h4-5,8-9,16H,3,6-7H2,1-2H3;(H,6,7). The third-order valence-electron chi connectivity index (χ3n) is 3.97. The Bertz CT molecular complexity index is 756. The molecule has 132 valence electrons. The Balaban J connectivity index is 0.000000256. The number of benzene rings is 1. The number of rotatable bonds is 1. The summed E-state index contributed by atoms with van der Waals surface area (Å²) in [5.41, 5.74) is 4.24. The van der Waals surface area contributed by atoms with Gasteiger partial charge in [0, 0.05) is 34.2 Å². The van der Waals surface area contributed by atoms with Crippen LogP contribution in [0.4, 0.5) is 13.2 Å². The van der Waals surface area contributed by atoms with Gasteiger partial charge in [-0.2, -0.15) is 13.2 Å². The third-order valence-corrected chi connectivity index (χ3v) is 4.20. The Morgan fingerprint density at radius 1 is 1.46 bits per heavy atom. The number of carboxylic acids is 1. The van der Waals surface area contributed by atoms with Crippen LogP contribution in [0.1, 0.15) is 31.1 Å². The van der Waals surface area contributed by atoms with Crippen molar-refractivity contribution in [1.29, 1.82) is 0 Å². The zero-order valence-corrected chi connectivity index (χ0v) is 14.0. The largest absolute Gasteiger partial charge is 0.490 e. The highest BCUT2D eigenvalue weighted by Crippen LogP contribution is 2.34. The number of carbonyl (C=O) groups is 1. The van der Waals surface area contributed by atoms with Gasteiger partial charge in [0.1, 0.15) is 0 Å². The van der Waals surface area contributed by atoms with E-state index in [4.69, 9.17) is 21.5 Å². The van der Waals surface area contributed by atoms with Gasteiger partial charge < -0.3 is 15.0 Å². The van der Waals surface area contributed by atoms with Crippen LogP contribution in [0.2, 0.25) is 5.02 Å². The van der Waals surface area contributed by atoms with Crippen LogP contribution in [0, 0.1) is 0 Å². The van der Waals surface area contributed by atoms with Gasteiger partial charge in [-0.15, -0.1) is 0 Å². The normalized spacial score (nSPS) is 17.2. The van der Waals surface area contributed by atoms with Gasteiger partial charge in [-0.1, -0.05) is 11.6 Å². The molecule has 0 aliphatic carbocycles. The summed E-state index contributed by atoms with van der Waals surface area (Å²) in [6.45, 7) is 6.52. The van der Waals surface area contributed by atoms with Gasteiger partial charge in [0.25, 0.3) is 0 Å². The van der Waals surface area contributed by atoms with Crippen LogP contribution in [0.25, 0.3) is 10.9 Å². The quantitative estimate of drug-likeness (QED) is 0.801. The zero-order chi connectivity index (χ0) is 18.1. The first-order valence-electron chi connectivity index (χ1n) is 7.50. The summed E-state index contributed by atoms with van der Waals surface area (Å²) in [5, 5.41) is 12.8. The maximum Gasteiger partial charge on any atom is 0.490 e. The van der Waals surface area contributed by atoms with Gasteiger partial charge in [-0.3, -0.25) is 0 Å². The molecule has 0 saturated carbocycles. The van der Waals surface area contributed by atoms with E-state index >= 15 is 0 Å². The van der Waals surface area contributed by atoms with Crippen LogP contribution in [-0.4, -0.2) is 28.4 Å². The molecule has 0 radical (unpaired) electrons. The van der Waals surface area contributed by atoms with Crippen molar-refractivity contribution < 1.29 is 23.1 Å². The van der Waals surface area contributed by atoms with Crippen LogP contribution in [0.15, 0.2) is 18.2 Å². The molecule has 2 heterocycles. The molecule has 24 heavy (non-hydrogen) atoms. The van der Waals surface area contributed by atoms with Crippen molar-refractivity contribution in [3.05, 3.63) is 34.5 Å². The molecular formula is C16H18ClF3N2O2. The topological polar surface area (TPSA) is 54.3 Å². The monoisotopic (exact) mass is 362 g/mol. The molecule has 0 saturated heterocycles. The second kappa shape index (κ2) is 7.03. The zero-order valence-electron chi connectivity index (χ0n) is 13.2. The summed E-state index contributed by atoms with van der Waals surface area (Å²) >= 11 is 6.13. The van der Waals surface area contributed by atoms with Gasteiger partial charge in [-0.25, -0.2) is 4.79 Å². The second-order valence-corrected chi connectivity index (χ2v) is 5.93. The lowest BCUT2D eigenvalue weighted by atomic mass is 10.0. The van der Waals surface area contributed by atoms with Crippen LogP contribution in [0.3, 0.4) is 0 Å². The molecule has 1 atom stereocenters. The first kappa shape index (κ1) is 18.6. The molecule has 1 unspecified atom stereocenters.